The molecule has 0 aromatic carbocycles. The zero-order chi connectivity index (χ0) is 12.9. The summed E-state index contributed by atoms with van der Waals surface area (Å²) in [4.78, 5) is 27.4. The Morgan fingerprint density at radius 3 is 0.750 bits per heavy atom. The van der Waals surface area contributed by atoms with E-state index in [2.05, 4.69) is 17.2 Å². The number of aliphatic carboxylic acids is 3. The molecule has 0 saturated carbocycles. The molecule has 0 aliphatic rings. The van der Waals surface area contributed by atoms with E-state index in [4.69, 9.17) is 29.7 Å². The van der Waals surface area contributed by atoms with E-state index in [1.807, 2.05) is 0 Å². The van der Waals surface area contributed by atoms with Crippen molar-refractivity contribution in [3.05, 3.63) is 0 Å². The molecular formula is C6H12AuN3O6. The van der Waals surface area contributed by atoms with Gasteiger partial charge in [-0.15, -0.1) is 0 Å². The molecule has 0 heterocycles. The maximum Gasteiger partial charge on any atom is 3.00 e. The van der Waals surface area contributed by atoms with Gasteiger partial charge in [-0.05, 0) is 0 Å². The number of carboxylic acids is 3. The number of carbonyl (C=O) groups is 3. The maximum atomic E-state index is 9.13. The largest absolute Gasteiger partial charge is 3.00 e. The van der Waals surface area contributed by atoms with E-state index >= 15 is 0 Å². The van der Waals surface area contributed by atoms with Gasteiger partial charge >= 0.3 is 22.4 Å². The zero-order valence-electron chi connectivity index (χ0n) is 8.10. The normalized spacial score (nSPS) is 6.94. The average Bonchev–Trinajstić information content (AvgIpc) is 2.19. The summed E-state index contributed by atoms with van der Waals surface area (Å²) >= 11 is 0. The second-order valence-corrected chi connectivity index (χ2v) is 1.73. The first-order chi connectivity index (χ1) is 6.81. The third-order valence-corrected chi connectivity index (χ3v) is 0.500. The molecule has 16 heavy (non-hydrogen) atoms. The molecular weight excluding hydrogens is 407 g/mol. The summed E-state index contributed by atoms with van der Waals surface area (Å²) in [5.74, 6) is -3.65. The minimum atomic E-state index is -1.22. The molecule has 0 spiro atoms. The van der Waals surface area contributed by atoms with Gasteiger partial charge in [-0.25, -0.2) is 0 Å². The van der Waals surface area contributed by atoms with Crippen molar-refractivity contribution in [3.8, 4) is 0 Å². The third-order valence-electron chi connectivity index (χ3n) is 0.500. The summed E-state index contributed by atoms with van der Waals surface area (Å²) in [6, 6.07) is 0. The van der Waals surface area contributed by atoms with Gasteiger partial charge in [-0.2, -0.15) is 0 Å². The molecule has 0 saturated heterocycles. The van der Waals surface area contributed by atoms with E-state index in [9.17, 15) is 0 Å². The summed E-state index contributed by atoms with van der Waals surface area (Å²) < 4.78 is 0. The van der Waals surface area contributed by atoms with E-state index in [1.165, 1.54) is 0 Å². The van der Waals surface area contributed by atoms with Crippen LogP contribution in [0.3, 0.4) is 0 Å². The molecule has 0 aliphatic carbocycles. The molecule has 9 nitrogen and oxygen atoms in total. The van der Waals surface area contributed by atoms with Gasteiger partial charge in [0, 0.05) is 19.6 Å². The Morgan fingerprint density at radius 1 is 0.688 bits per heavy atom. The van der Waals surface area contributed by atoms with Crippen LogP contribution in [0.4, 0.5) is 0 Å². The monoisotopic (exact) mass is 419 g/mol. The predicted molar refractivity (Wildman–Crippen MR) is 42.2 cm³/mol. The number of hydrogen-bond acceptors (Lipinski definition) is 9. The number of hydrogen-bond donors (Lipinski definition) is 3. The Morgan fingerprint density at radius 2 is 0.750 bits per heavy atom. The summed E-state index contributed by atoms with van der Waals surface area (Å²) in [5.41, 5.74) is 13.5. The van der Waals surface area contributed by atoms with Crippen molar-refractivity contribution in [3.63, 3.8) is 0 Å². The van der Waals surface area contributed by atoms with Crippen LogP contribution in [0.2, 0.25) is 0 Å². The summed E-state index contributed by atoms with van der Waals surface area (Å²) in [6.07, 6.45) is 0. The molecule has 0 aliphatic heterocycles. The molecule has 0 fully saturated rings. The predicted octanol–water partition coefficient (Wildman–Crippen LogP) is -6.92. The minimum Gasteiger partial charge on any atom is -0.549 e. The third kappa shape index (κ3) is 74.5. The van der Waals surface area contributed by atoms with E-state index in [0.717, 1.165) is 0 Å². The van der Waals surface area contributed by atoms with E-state index < -0.39 is 17.9 Å². The van der Waals surface area contributed by atoms with Crippen LogP contribution in [0.25, 0.3) is 0 Å². The molecule has 0 unspecified atom stereocenters. The van der Waals surface area contributed by atoms with Crippen LogP contribution < -0.4 is 32.5 Å². The van der Waals surface area contributed by atoms with Gasteiger partial charge in [0.25, 0.3) is 0 Å². The molecule has 0 rings (SSSR count). The molecule has 0 radical (unpaired) electrons. The number of carbonyl (C=O) groups excluding carboxylic acids is 3. The molecule has 0 amide bonds. The quantitative estimate of drug-likeness (QED) is 0.372. The summed E-state index contributed by atoms with van der Waals surface area (Å²) in [7, 11) is 0. The molecule has 98 valence electrons. The second kappa shape index (κ2) is 19.6. The van der Waals surface area contributed by atoms with Gasteiger partial charge in [0.05, 0.1) is 17.9 Å². The standard InChI is InChI=1S/3C2H5NO2.Au/c3*3-1-2(4)5;/h3*1,3H2,(H,4,5);/q;;;+3/p-3. The number of nitrogens with two attached hydrogens (primary N) is 3. The Labute approximate surface area is 107 Å². The van der Waals surface area contributed by atoms with Gasteiger partial charge in [-0.3, -0.25) is 0 Å². The Kier molecular flexibility index (Phi) is 29.8. The topological polar surface area (TPSA) is 198 Å². The van der Waals surface area contributed by atoms with Crippen molar-refractivity contribution < 1.29 is 52.1 Å². The molecule has 0 bridgehead atoms. The van der Waals surface area contributed by atoms with E-state index in [-0.39, 0.29) is 42.0 Å². The van der Waals surface area contributed by atoms with Crippen LogP contribution in [0.5, 0.6) is 0 Å². The fraction of sp³-hybridized carbons (Fsp3) is 0.500. The van der Waals surface area contributed by atoms with Crippen molar-refractivity contribution in [1.82, 2.24) is 0 Å². The van der Waals surface area contributed by atoms with Crippen LogP contribution in [0, 0.1) is 0 Å². The SMILES string of the molecule is NCC(=O)[O-].NCC(=O)[O-].NCC(=O)[O-].[Au+3]. The fourth-order valence-corrected chi connectivity index (χ4v) is 0. The van der Waals surface area contributed by atoms with Gasteiger partial charge in [0.1, 0.15) is 0 Å². The maximum absolute atomic E-state index is 9.13. The molecule has 0 aromatic rings. The molecule has 10 heteroatoms. The fourth-order valence-electron chi connectivity index (χ4n) is 0. The van der Waals surface area contributed by atoms with E-state index in [0.29, 0.717) is 0 Å². The Hall–Kier alpha value is -0.970. The van der Waals surface area contributed by atoms with Crippen molar-refractivity contribution in [2.24, 2.45) is 17.2 Å². The van der Waals surface area contributed by atoms with Gasteiger partial charge < -0.3 is 46.9 Å². The molecule has 0 aromatic heterocycles. The van der Waals surface area contributed by atoms with Crippen molar-refractivity contribution in [2.75, 3.05) is 19.6 Å². The van der Waals surface area contributed by atoms with Crippen molar-refractivity contribution in [1.29, 1.82) is 0 Å². The number of carboxylic acid groups (broad SMARTS) is 3. The number of rotatable bonds is 3. The van der Waals surface area contributed by atoms with Crippen LogP contribution in [0.1, 0.15) is 0 Å². The van der Waals surface area contributed by atoms with Gasteiger partial charge in [0.15, 0.2) is 0 Å². The summed E-state index contributed by atoms with van der Waals surface area (Å²) in [5, 5.41) is 27.4. The first kappa shape index (κ1) is 24.3. The Balaban J connectivity index is -0.0000000655. The molecule has 6 N–H and O–H groups in total. The van der Waals surface area contributed by atoms with Gasteiger partial charge in [-0.1, -0.05) is 0 Å². The van der Waals surface area contributed by atoms with Crippen LogP contribution >= 0.6 is 0 Å². The first-order valence-electron chi connectivity index (χ1n) is 3.51. The second-order valence-electron chi connectivity index (χ2n) is 1.73. The van der Waals surface area contributed by atoms with Gasteiger partial charge in [0.2, 0.25) is 0 Å². The smallest absolute Gasteiger partial charge is 0.549 e. The first-order valence-corrected chi connectivity index (χ1v) is 3.51. The van der Waals surface area contributed by atoms with E-state index in [1.54, 1.807) is 0 Å². The van der Waals surface area contributed by atoms with Crippen LogP contribution in [0.15, 0.2) is 0 Å². The molecule has 0 atom stereocenters. The zero-order valence-corrected chi connectivity index (χ0v) is 10.3. The van der Waals surface area contributed by atoms with Crippen LogP contribution in [-0.4, -0.2) is 37.5 Å². The summed E-state index contributed by atoms with van der Waals surface area (Å²) in [6.45, 7) is -1.17. The van der Waals surface area contributed by atoms with Crippen molar-refractivity contribution >= 4 is 17.9 Å². The van der Waals surface area contributed by atoms with Crippen molar-refractivity contribution in [2.45, 2.75) is 0 Å². The minimum absolute atomic E-state index is 0. The average molecular weight is 419 g/mol. The Bertz CT molecular complexity index is 167. The van der Waals surface area contributed by atoms with Crippen LogP contribution in [-0.2, 0) is 36.8 Å².